The zero-order valence-electron chi connectivity index (χ0n) is 11.2. The number of carbonyl (C=O) groups is 1. The van der Waals surface area contributed by atoms with Crippen LogP contribution >= 0.6 is 0 Å². The summed E-state index contributed by atoms with van der Waals surface area (Å²) in [7, 11) is 0. The van der Waals surface area contributed by atoms with Crippen molar-refractivity contribution in [1.29, 1.82) is 0 Å². The Morgan fingerprint density at radius 3 is 2.06 bits per heavy atom. The summed E-state index contributed by atoms with van der Waals surface area (Å²) in [5.74, 6) is -1.03. The fourth-order valence-electron chi connectivity index (χ4n) is 2.08. The van der Waals surface area contributed by atoms with Crippen LogP contribution in [0.3, 0.4) is 0 Å². The average molecular weight is 269 g/mol. The Hall–Kier alpha value is -0.780. The van der Waals surface area contributed by atoms with Crippen LogP contribution in [0.5, 0.6) is 0 Å². The van der Waals surface area contributed by atoms with E-state index in [9.17, 15) is 23.1 Å². The summed E-state index contributed by atoms with van der Waals surface area (Å²) in [6.07, 6.45) is -2.71. The predicted octanol–water partition coefficient (Wildman–Crippen LogP) is 3.15. The number of aliphatic carboxylic acids is 1. The van der Waals surface area contributed by atoms with Crippen molar-refractivity contribution >= 4 is 5.97 Å². The molecular weight excluding hydrogens is 247 g/mol. The van der Waals surface area contributed by atoms with Crippen LogP contribution in [0, 0.1) is 5.41 Å². The molecule has 1 unspecified atom stereocenters. The molecule has 0 aliphatic rings. The molecule has 6 heteroatoms. The summed E-state index contributed by atoms with van der Waals surface area (Å²) < 4.78 is 37.2. The van der Waals surface area contributed by atoms with Crippen LogP contribution in [-0.2, 0) is 4.79 Å². The lowest BCUT2D eigenvalue weighted by Crippen LogP contribution is -2.45. The Bertz CT molecular complexity index is 269. The van der Waals surface area contributed by atoms with E-state index in [2.05, 4.69) is 0 Å². The molecule has 0 aliphatic heterocycles. The summed E-state index contributed by atoms with van der Waals surface area (Å²) in [6, 6.07) is 0. The molecule has 3 nitrogen and oxygen atoms in total. The zero-order valence-corrected chi connectivity index (χ0v) is 11.2. The first-order chi connectivity index (χ1) is 8.14. The molecular formula is C12H22F3NO2. The third-order valence-electron chi connectivity index (χ3n) is 2.83. The van der Waals surface area contributed by atoms with E-state index in [4.69, 9.17) is 0 Å². The normalized spacial score (nSPS) is 15.7. The highest BCUT2D eigenvalue weighted by molar-refractivity contribution is 5.74. The number of nitrogens with zero attached hydrogens (tertiary/aromatic N) is 1. The topological polar surface area (TPSA) is 40.5 Å². The molecule has 108 valence electrons. The summed E-state index contributed by atoms with van der Waals surface area (Å²) in [5.41, 5.74) is -1.12. The van der Waals surface area contributed by atoms with Gasteiger partial charge in [0.25, 0.3) is 0 Å². The second kappa shape index (κ2) is 6.97. The van der Waals surface area contributed by atoms with E-state index in [1.54, 1.807) is 6.92 Å². The van der Waals surface area contributed by atoms with Crippen molar-refractivity contribution in [3.8, 4) is 0 Å². The first kappa shape index (κ1) is 17.2. The minimum absolute atomic E-state index is 0.0659. The number of carboxylic acids is 1. The summed E-state index contributed by atoms with van der Waals surface area (Å²) in [6.45, 7) is 4.26. The van der Waals surface area contributed by atoms with Gasteiger partial charge in [-0.3, -0.25) is 9.69 Å². The second-order valence-corrected chi connectivity index (χ2v) is 4.94. The van der Waals surface area contributed by atoms with Crippen LogP contribution in [0.4, 0.5) is 13.2 Å². The van der Waals surface area contributed by atoms with E-state index in [1.807, 2.05) is 6.92 Å². The van der Waals surface area contributed by atoms with Crippen LogP contribution in [0.25, 0.3) is 0 Å². The number of alkyl halides is 3. The maximum atomic E-state index is 12.4. The molecule has 0 aromatic rings. The van der Waals surface area contributed by atoms with Gasteiger partial charge >= 0.3 is 12.1 Å². The van der Waals surface area contributed by atoms with Gasteiger partial charge in [0.1, 0.15) is 0 Å². The average Bonchev–Trinajstić information content (AvgIpc) is 2.15. The molecule has 0 rings (SSSR count). The summed E-state index contributed by atoms with van der Waals surface area (Å²) in [4.78, 5) is 12.4. The Balaban J connectivity index is 4.76. The lowest BCUT2D eigenvalue weighted by molar-refractivity contribution is -0.160. The largest absolute Gasteiger partial charge is 0.481 e. The first-order valence-corrected chi connectivity index (χ1v) is 6.17. The molecule has 0 radical (unpaired) electrons. The van der Waals surface area contributed by atoms with Gasteiger partial charge in [-0.2, -0.15) is 13.2 Å². The molecule has 0 heterocycles. The molecule has 18 heavy (non-hydrogen) atoms. The number of rotatable bonds is 8. The summed E-state index contributed by atoms with van der Waals surface area (Å²) >= 11 is 0. The zero-order chi connectivity index (χ0) is 14.4. The number of hydrogen-bond acceptors (Lipinski definition) is 2. The van der Waals surface area contributed by atoms with Gasteiger partial charge in [-0.25, -0.2) is 0 Å². The minimum atomic E-state index is -4.29. The summed E-state index contributed by atoms with van der Waals surface area (Å²) in [5, 5.41) is 9.17. The highest BCUT2D eigenvalue weighted by Crippen LogP contribution is 2.27. The van der Waals surface area contributed by atoms with E-state index in [1.165, 1.54) is 11.8 Å². The van der Waals surface area contributed by atoms with E-state index >= 15 is 0 Å². The van der Waals surface area contributed by atoms with Gasteiger partial charge in [0, 0.05) is 6.54 Å². The van der Waals surface area contributed by atoms with Crippen molar-refractivity contribution in [3.63, 3.8) is 0 Å². The van der Waals surface area contributed by atoms with E-state index in [0.29, 0.717) is 19.3 Å². The maximum Gasteiger partial charge on any atom is 0.401 e. The van der Waals surface area contributed by atoms with Crippen LogP contribution in [0.1, 0.15) is 40.0 Å². The number of hydrogen-bond donors (Lipinski definition) is 1. The third-order valence-corrected chi connectivity index (χ3v) is 2.83. The molecule has 1 atom stereocenters. The Labute approximate surface area is 106 Å². The predicted molar refractivity (Wildman–Crippen MR) is 63.4 cm³/mol. The maximum absolute atomic E-state index is 12.4. The lowest BCUT2D eigenvalue weighted by atomic mass is 9.85. The van der Waals surface area contributed by atoms with Gasteiger partial charge < -0.3 is 5.11 Å². The van der Waals surface area contributed by atoms with Crippen molar-refractivity contribution in [1.82, 2.24) is 4.90 Å². The fraction of sp³-hybridized carbons (Fsp3) is 0.917. The third kappa shape index (κ3) is 6.23. The molecule has 0 amide bonds. The molecule has 0 aliphatic carbocycles. The van der Waals surface area contributed by atoms with Crippen LogP contribution in [0.2, 0.25) is 0 Å². The van der Waals surface area contributed by atoms with E-state index < -0.39 is 24.1 Å². The highest BCUT2D eigenvalue weighted by atomic mass is 19.4. The number of halogens is 3. The molecule has 0 aromatic heterocycles. The fourth-order valence-corrected chi connectivity index (χ4v) is 2.08. The Kier molecular flexibility index (Phi) is 6.67. The quantitative estimate of drug-likeness (QED) is 0.736. The van der Waals surface area contributed by atoms with Gasteiger partial charge in [-0.05, 0) is 26.3 Å². The molecule has 0 saturated carbocycles. The lowest BCUT2D eigenvalue weighted by Gasteiger charge is -2.32. The second-order valence-electron chi connectivity index (χ2n) is 4.94. The van der Waals surface area contributed by atoms with Crippen molar-refractivity contribution in [2.24, 2.45) is 5.41 Å². The molecule has 0 bridgehead atoms. The number of carboxylic acid groups (broad SMARTS) is 1. The van der Waals surface area contributed by atoms with Crippen molar-refractivity contribution in [3.05, 3.63) is 0 Å². The van der Waals surface area contributed by atoms with E-state index in [-0.39, 0.29) is 13.1 Å². The van der Waals surface area contributed by atoms with Crippen LogP contribution in [0.15, 0.2) is 0 Å². The minimum Gasteiger partial charge on any atom is -0.481 e. The molecule has 0 aromatic carbocycles. The molecule has 0 fully saturated rings. The van der Waals surface area contributed by atoms with Crippen LogP contribution < -0.4 is 0 Å². The molecule has 0 spiro atoms. The Morgan fingerprint density at radius 1 is 1.17 bits per heavy atom. The van der Waals surface area contributed by atoms with Gasteiger partial charge in [0.05, 0.1) is 12.0 Å². The smallest absolute Gasteiger partial charge is 0.401 e. The monoisotopic (exact) mass is 269 g/mol. The SMILES string of the molecule is CCCN(CC(F)(F)F)CC(C)(CCC)C(=O)O. The Morgan fingerprint density at radius 2 is 1.72 bits per heavy atom. The van der Waals surface area contributed by atoms with Gasteiger partial charge in [0.2, 0.25) is 0 Å². The molecule has 1 N–H and O–H groups in total. The van der Waals surface area contributed by atoms with Crippen molar-refractivity contribution in [2.45, 2.75) is 46.2 Å². The highest BCUT2D eigenvalue weighted by Gasteiger charge is 2.38. The first-order valence-electron chi connectivity index (χ1n) is 6.17. The molecule has 0 saturated heterocycles. The van der Waals surface area contributed by atoms with Crippen molar-refractivity contribution < 1.29 is 23.1 Å². The van der Waals surface area contributed by atoms with Crippen molar-refractivity contribution in [2.75, 3.05) is 19.6 Å². The van der Waals surface area contributed by atoms with Gasteiger partial charge in [0.15, 0.2) is 0 Å². The van der Waals surface area contributed by atoms with Gasteiger partial charge in [-0.1, -0.05) is 20.3 Å². The van der Waals surface area contributed by atoms with Gasteiger partial charge in [-0.15, -0.1) is 0 Å². The van der Waals surface area contributed by atoms with E-state index in [0.717, 1.165) is 0 Å². The standard InChI is InChI=1S/C12H22F3NO2/c1-4-6-11(3,10(17)18)8-16(7-5-2)9-12(13,14)15/h4-9H2,1-3H3,(H,17,18). The van der Waals surface area contributed by atoms with Crippen LogP contribution in [-0.4, -0.2) is 41.8 Å².